The van der Waals surface area contributed by atoms with Gasteiger partial charge in [-0.15, -0.1) is 12.4 Å². The summed E-state index contributed by atoms with van der Waals surface area (Å²) in [5.74, 6) is -0.550. The Morgan fingerprint density at radius 3 is 1.60 bits per heavy atom. The van der Waals surface area contributed by atoms with E-state index in [9.17, 15) is 4.79 Å². The van der Waals surface area contributed by atoms with Gasteiger partial charge in [-0.25, -0.2) is 8.78 Å². The number of benzene rings is 4. The number of carbonyl (C=O) groups is 1. The van der Waals surface area contributed by atoms with E-state index >= 15 is 8.78 Å². The van der Waals surface area contributed by atoms with Crippen LogP contribution in [0.15, 0.2) is 134 Å². The average molecular weight is 779 g/mol. The van der Waals surface area contributed by atoms with Crippen molar-refractivity contribution >= 4 is 40.6 Å². The Balaban J connectivity index is 0.00000455. The standard InChI is InChI=1S/C47H40F2N6O.ClH/c1-31-33(11-9-17-39(31)48)25-41-45(37-19-21-50-27-43(37)54(41)35-13-5-3-6-14-35)47(29-52-23-24-53(47)30-56)46-38-20-22-51-28-44(38)55(36-15-7-4-8-16-36)42(46)26-34-12-10-18-40(49)32(34)2;/h3-22,27-28,30,52H,23-26,29H2,1-2H3;1H. The normalized spacial score (nSPS) is 13.9. The summed E-state index contributed by atoms with van der Waals surface area (Å²) in [6, 6.07) is 34.7. The van der Waals surface area contributed by atoms with Crippen LogP contribution in [-0.2, 0) is 23.2 Å². The van der Waals surface area contributed by atoms with Crippen LogP contribution in [-0.4, -0.2) is 50.0 Å². The third kappa shape index (κ3) is 6.18. The van der Waals surface area contributed by atoms with Crippen molar-refractivity contribution < 1.29 is 13.6 Å². The van der Waals surface area contributed by atoms with Crippen LogP contribution in [0.25, 0.3) is 33.2 Å². The van der Waals surface area contributed by atoms with Crippen LogP contribution in [0.1, 0.15) is 44.8 Å². The van der Waals surface area contributed by atoms with Gasteiger partial charge >= 0.3 is 0 Å². The number of amides is 1. The third-order valence-corrected chi connectivity index (χ3v) is 11.6. The Kier molecular flexibility index (Phi) is 10.2. The number of piperazine rings is 1. The highest BCUT2D eigenvalue weighted by Gasteiger charge is 2.49. The lowest BCUT2D eigenvalue weighted by atomic mass is 9.75. The van der Waals surface area contributed by atoms with Crippen LogP contribution in [0.4, 0.5) is 8.78 Å². The lowest BCUT2D eigenvalue weighted by Crippen LogP contribution is -2.59. The maximum absolute atomic E-state index is 15.4. The Labute approximate surface area is 336 Å². The van der Waals surface area contributed by atoms with Crippen LogP contribution >= 0.6 is 12.4 Å². The van der Waals surface area contributed by atoms with E-state index < -0.39 is 5.54 Å². The molecule has 4 aromatic carbocycles. The van der Waals surface area contributed by atoms with Gasteiger partial charge in [-0.3, -0.25) is 14.8 Å². The molecule has 5 heterocycles. The summed E-state index contributed by atoms with van der Waals surface area (Å²) in [5.41, 5.74) is 8.91. The largest absolute Gasteiger partial charge is 0.329 e. The number of fused-ring (bicyclic) bond motifs is 2. The van der Waals surface area contributed by atoms with Crippen molar-refractivity contribution in [2.45, 2.75) is 32.2 Å². The monoisotopic (exact) mass is 778 g/mol. The Morgan fingerprint density at radius 2 is 1.14 bits per heavy atom. The highest BCUT2D eigenvalue weighted by Crippen LogP contribution is 2.50. The van der Waals surface area contributed by atoms with Crippen molar-refractivity contribution in [3.63, 3.8) is 0 Å². The van der Waals surface area contributed by atoms with E-state index in [1.54, 1.807) is 24.5 Å². The number of hydrogen-bond acceptors (Lipinski definition) is 4. The van der Waals surface area contributed by atoms with E-state index in [2.05, 4.69) is 48.7 Å². The summed E-state index contributed by atoms with van der Waals surface area (Å²) in [6.45, 7) is 5.03. The van der Waals surface area contributed by atoms with Gasteiger partial charge < -0.3 is 19.4 Å². The number of rotatable bonds is 9. The summed E-state index contributed by atoms with van der Waals surface area (Å²) in [4.78, 5) is 25.0. The molecule has 7 nitrogen and oxygen atoms in total. The predicted octanol–water partition coefficient (Wildman–Crippen LogP) is 9.17. The van der Waals surface area contributed by atoms with Gasteiger partial charge in [0.2, 0.25) is 6.41 Å². The Hall–Kier alpha value is -6.16. The molecule has 1 aliphatic rings. The molecule has 0 aliphatic carbocycles. The molecule has 1 N–H and O–H groups in total. The molecule has 0 unspecified atom stereocenters. The van der Waals surface area contributed by atoms with Crippen molar-refractivity contribution in [1.29, 1.82) is 0 Å². The molecule has 0 spiro atoms. The van der Waals surface area contributed by atoms with Crippen LogP contribution < -0.4 is 5.32 Å². The molecule has 1 amide bonds. The molecule has 10 heteroatoms. The zero-order valence-corrected chi connectivity index (χ0v) is 32.4. The second-order valence-electron chi connectivity index (χ2n) is 14.5. The molecule has 0 radical (unpaired) electrons. The molecule has 1 saturated heterocycles. The molecule has 1 aliphatic heterocycles. The molecular weight excluding hydrogens is 738 g/mol. The van der Waals surface area contributed by atoms with Crippen molar-refractivity contribution in [1.82, 2.24) is 29.3 Å². The van der Waals surface area contributed by atoms with Gasteiger partial charge in [-0.1, -0.05) is 60.7 Å². The molecule has 0 saturated carbocycles. The van der Waals surface area contributed by atoms with Gasteiger partial charge in [0.05, 0.1) is 23.4 Å². The first-order chi connectivity index (χ1) is 27.4. The van der Waals surface area contributed by atoms with E-state index in [1.807, 2.05) is 91.8 Å². The van der Waals surface area contributed by atoms with Crippen molar-refractivity contribution in [2.75, 3.05) is 19.6 Å². The first-order valence-electron chi connectivity index (χ1n) is 18.9. The molecule has 8 aromatic rings. The molecular formula is C47H41ClF2N6O. The first-order valence-corrected chi connectivity index (χ1v) is 18.9. The van der Waals surface area contributed by atoms with E-state index in [-0.39, 0.29) is 24.0 Å². The number of aromatic nitrogens is 4. The van der Waals surface area contributed by atoms with Crippen molar-refractivity contribution in [3.05, 3.63) is 190 Å². The van der Waals surface area contributed by atoms with Crippen LogP contribution in [0, 0.1) is 25.5 Å². The van der Waals surface area contributed by atoms with Gasteiger partial charge in [0.1, 0.15) is 17.2 Å². The zero-order valence-electron chi connectivity index (χ0n) is 31.6. The molecule has 1 fully saturated rings. The predicted molar refractivity (Wildman–Crippen MR) is 224 cm³/mol. The van der Waals surface area contributed by atoms with E-state index in [0.29, 0.717) is 43.6 Å². The Morgan fingerprint density at radius 1 is 0.667 bits per heavy atom. The summed E-state index contributed by atoms with van der Waals surface area (Å²) in [7, 11) is 0. The molecule has 57 heavy (non-hydrogen) atoms. The second-order valence-corrected chi connectivity index (χ2v) is 14.5. The molecule has 9 rings (SSSR count). The smallest absolute Gasteiger partial charge is 0.210 e. The number of hydrogen-bond donors (Lipinski definition) is 1. The fourth-order valence-corrected chi connectivity index (χ4v) is 8.92. The van der Waals surface area contributed by atoms with Crippen LogP contribution in [0.5, 0.6) is 0 Å². The first kappa shape index (κ1) is 37.7. The van der Waals surface area contributed by atoms with E-state index in [4.69, 9.17) is 0 Å². The van der Waals surface area contributed by atoms with Gasteiger partial charge in [0.15, 0.2) is 0 Å². The molecule has 0 atom stereocenters. The molecule has 4 aromatic heterocycles. The van der Waals surface area contributed by atoms with Gasteiger partial charge in [-0.2, -0.15) is 0 Å². The molecule has 286 valence electrons. The van der Waals surface area contributed by atoms with Gasteiger partial charge in [0, 0.05) is 89.5 Å². The van der Waals surface area contributed by atoms with Crippen molar-refractivity contribution in [3.8, 4) is 11.4 Å². The van der Waals surface area contributed by atoms with Crippen molar-refractivity contribution in [2.24, 2.45) is 0 Å². The second kappa shape index (κ2) is 15.4. The number of nitrogens with one attached hydrogen (secondary N) is 1. The third-order valence-electron chi connectivity index (χ3n) is 11.6. The lowest BCUT2D eigenvalue weighted by Gasteiger charge is -2.47. The minimum Gasteiger partial charge on any atom is -0.329 e. The summed E-state index contributed by atoms with van der Waals surface area (Å²) >= 11 is 0. The number of nitrogens with zero attached hydrogens (tertiary/aromatic N) is 5. The lowest BCUT2D eigenvalue weighted by molar-refractivity contribution is -0.124. The number of para-hydroxylation sites is 2. The highest BCUT2D eigenvalue weighted by atomic mass is 35.5. The minimum atomic E-state index is -1.12. The van der Waals surface area contributed by atoms with Crippen LogP contribution in [0.2, 0.25) is 0 Å². The number of carbonyl (C=O) groups excluding carboxylic acids is 1. The Bertz CT molecular complexity index is 2570. The topological polar surface area (TPSA) is 68.0 Å². The summed E-state index contributed by atoms with van der Waals surface area (Å²) in [6.07, 6.45) is 9.04. The fraction of sp³-hybridized carbons (Fsp3) is 0.170. The maximum atomic E-state index is 15.4. The number of pyridine rings is 2. The quantitative estimate of drug-likeness (QED) is 0.149. The minimum absolute atomic E-state index is 0. The van der Waals surface area contributed by atoms with E-state index in [0.717, 1.165) is 73.2 Å². The summed E-state index contributed by atoms with van der Waals surface area (Å²) in [5, 5.41) is 5.56. The number of halogens is 3. The maximum Gasteiger partial charge on any atom is 0.210 e. The average Bonchev–Trinajstić information content (AvgIpc) is 3.74. The van der Waals surface area contributed by atoms with E-state index in [1.165, 1.54) is 12.1 Å². The fourth-order valence-electron chi connectivity index (χ4n) is 8.92. The van der Waals surface area contributed by atoms with Gasteiger partial charge in [-0.05, 0) is 84.6 Å². The highest BCUT2D eigenvalue weighted by molar-refractivity contribution is 5.94. The van der Waals surface area contributed by atoms with Gasteiger partial charge in [0.25, 0.3) is 0 Å². The SMILES string of the molecule is Cc1c(F)cccc1Cc1c(C2(c3c(Cc4cccc(F)c4C)n(-c4ccccc4)c4cnccc34)CNCCN2C=O)c2ccncc2n1-c1ccccc1.Cl. The summed E-state index contributed by atoms with van der Waals surface area (Å²) < 4.78 is 35.2. The zero-order chi connectivity index (χ0) is 38.4. The molecule has 0 bridgehead atoms. The van der Waals surface area contributed by atoms with Crippen LogP contribution in [0.3, 0.4) is 0 Å².